The molecule has 4 nitrogen and oxygen atoms in total. The van der Waals surface area contributed by atoms with E-state index in [1.54, 1.807) is 6.07 Å². The molecule has 0 amide bonds. The molecule has 0 atom stereocenters. The fourth-order valence-electron chi connectivity index (χ4n) is 1.31. The number of hydrogen-bond acceptors (Lipinski definition) is 5. The maximum Gasteiger partial charge on any atom is 0.203 e. The summed E-state index contributed by atoms with van der Waals surface area (Å²) in [7, 11) is 0. The summed E-state index contributed by atoms with van der Waals surface area (Å²) in [5.74, 6) is -2.27. The molecule has 0 bridgehead atoms. The van der Waals surface area contributed by atoms with Crippen molar-refractivity contribution in [3.63, 3.8) is 0 Å². The van der Waals surface area contributed by atoms with E-state index in [2.05, 4.69) is 15.5 Å². The molecule has 1 N–H and O–H groups in total. The smallest absolute Gasteiger partial charge is 0.203 e. The highest BCUT2D eigenvalue weighted by molar-refractivity contribution is 7.13. The zero-order valence-corrected chi connectivity index (χ0v) is 10.6. The summed E-state index contributed by atoms with van der Waals surface area (Å²) < 4.78 is 26.8. The predicted octanol–water partition coefficient (Wildman–Crippen LogP) is 3.05. The molecule has 0 unspecified atom stereocenters. The van der Waals surface area contributed by atoms with Crippen molar-refractivity contribution in [2.24, 2.45) is 5.10 Å². The van der Waals surface area contributed by atoms with Gasteiger partial charge in [-0.15, -0.1) is 11.3 Å². The third-order valence-electron chi connectivity index (χ3n) is 2.22. The first-order chi connectivity index (χ1) is 9.11. The lowest BCUT2D eigenvalue weighted by Gasteiger charge is -1.99. The molecule has 7 heteroatoms. The molecule has 1 heterocycles. The number of nitrogens with one attached hydrogen (secondary N) is 1. The highest BCUT2D eigenvalue weighted by Gasteiger charge is 2.11. The van der Waals surface area contributed by atoms with Crippen molar-refractivity contribution in [2.45, 2.75) is 6.92 Å². The first-order valence-electron chi connectivity index (χ1n) is 5.21. The van der Waals surface area contributed by atoms with Gasteiger partial charge in [0.05, 0.1) is 17.5 Å². The van der Waals surface area contributed by atoms with Crippen LogP contribution in [0.15, 0.2) is 22.6 Å². The van der Waals surface area contributed by atoms with Gasteiger partial charge in [-0.1, -0.05) is 0 Å². The molecule has 1 aromatic heterocycles. The second-order valence-electron chi connectivity index (χ2n) is 3.61. The van der Waals surface area contributed by atoms with Gasteiger partial charge >= 0.3 is 0 Å². The summed E-state index contributed by atoms with van der Waals surface area (Å²) in [6, 6.07) is 4.05. The highest BCUT2D eigenvalue weighted by atomic mass is 32.1. The summed E-state index contributed by atoms with van der Waals surface area (Å²) in [5.41, 5.74) is 3.08. The topological polar surface area (TPSA) is 61.1 Å². The molecule has 0 aliphatic carbocycles. The molecule has 0 saturated carbocycles. The largest absolute Gasteiger partial charge is 0.253 e. The number of hydrogen-bond donors (Lipinski definition) is 1. The number of anilines is 1. The van der Waals surface area contributed by atoms with Crippen LogP contribution in [0, 0.1) is 29.9 Å². The van der Waals surface area contributed by atoms with Gasteiger partial charge in [0.2, 0.25) is 5.13 Å². The van der Waals surface area contributed by atoms with Gasteiger partial charge in [0.1, 0.15) is 6.07 Å². The van der Waals surface area contributed by atoms with Crippen LogP contribution in [-0.2, 0) is 0 Å². The van der Waals surface area contributed by atoms with Gasteiger partial charge in [-0.2, -0.15) is 10.4 Å². The maximum atomic E-state index is 13.5. The van der Waals surface area contributed by atoms with E-state index in [0.717, 1.165) is 11.9 Å². The van der Waals surface area contributed by atoms with E-state index in [-0.39, 0.29) is 11.1 Å². The van der Waals surface area contributed by atoms with E-state index in [1.165, 1.54) is 23.5 Å². The minimum Gasteiger partial charge on any atom is -0.253 e. The van der Waals surface area contributed by atoms with Crippen molar-refractivity contribution in [3.8, 4) is 6.07 Å². The molecule has 0 spiro atoms. The predicted molar refractivity (Wildman–Crippen MR) is 69.1 cm³/mol. The highest BCUT2D eigenvalue weighted by Crippen LogP contribution is 2.16. The molecule has 0 fully saturated rings. The standard InChI is InChI=1S/C12H8F2N4S/c1-7-6-19-12(17-7)18-16-5-9-3-2-8(4-15)10(13)11(9)14/h2-3,5-6H,1H3,(H,17,18). The maximum absolute atomic E-state index is 13.5. The minimum atomic E-state index is -1.17. The number of nitriles is 1. The van der Waals surface area contributed by atoms with E-state index in [0.29, 0.717) is 5.13 Å². The van der Waals surface area contributed by atoms with E-state index in [1.807, 2.05) is 12.3 Å². The summed E-state index contributed by atoms with van der Waals surface area (Å²) in [4.78, 5) is 4.09. The number of aryl methyl sites for hydroxylation is 1. The van der Waals surface area contributed by atoms with Gasteiger partial charge in [0.25, 0.3) is 0 Å². The Morgan fingerprint density at radius 1 is 1.42 bits per heavy atom. The van der Waals surface area contributed by atoms with Gasteiger partial charge in [-0.05, 0) is 19.1 Å². The van der Waals surface area contributed by atoms with Crippen LogP contribution in [0.25, 0.3) is 0 Å². The molecule has 19 heavy (non-hydrogen) atoms. The fraction of sp³-hybridized carbons (Fsp3) is 0.0833. The van der Waals surface area contributed by atoms with Crippen LogP contribution in [0.1, 0.15) is 16.8 Å². The van der Waals surface area contributed by atoms with Crippen molar-refractivity contribution in [1.82, 2.24) is 4.98 Å². The van der Waals surface area contributed by atoms with Gasteiger partial charge in [0, 0.05) is 10.9 Å². The first kappa shape index (κ1) is 13.1. The number of halogens is 2. The fourth-order valence-corrected chi connectivity index (χ4v) is 1.95. The van der Waals surface area contributed by atoms with Gasteiger partial charge < -0.3 is 0 Å². The Morgan fingerprint density at radius 3 is 2.84 bits per heavy atom. The van der Waals surface area contributed by atoms with Crippen LogP contribution in [-0.4, -0.2) is 11.2 Å². The average molecular weight is 278 g/mol. The number of benzene rings is 1. The third kappa shape index (κ3) is 2.92. The van der Waals surface area contributed by atoms with Crippen molar-refractivity contribution in [1.29, 1.82) is 5.26 Å². The van der Waals surface area contributed by atoms with Crippen molar-refractivity contribution < 1.29 is 8.78 Å². The Balaban J connectivity index is 2.16. The van der Waals surface area contributed by atoms with Gasteiger partial charge in [-0.25, -0.2) is 13.8 Å². The monoisotopic (exact) mass is 278 g/mol. The Hall–Kier alpha value is -2.33. The molecule has 1 aromatic carbocycles. The van der Waals surface area contributed by atoms with E-state index >= 15 is 0 Å². The summed E-state index contributed by atoms with van der Waals surface area (Å²) in [6.45, 7) is 1.83. The molecular formula is C12H8F2N4S. The number of aromatic nitrogens is 1. The molecule has 0 saturated heterocycles. The molecule has 2 aromatic rings. The Morgan fingerprint density at radius 2 is 2.21 bits per heavy atom. The third-order valence-corrected chi connectivity index (χ3v) is 3.08. The quantitative estimate of drug-likeness (QED) is 0.693. The molecule has 2 rings (SSSR count). The van der Waals surface area contributed by atoms with Crippen LogP contribution in [0.2, 0.25) is 0 Å². The van der Waals surface area contributed by atoms with Crippen molar-refractivity contribution in [3.05, 3.63) is 46.0 Å². The second kappa shape index (κ2) is 5.54. The van der Waals surface area contributed by atoms with Gasteiger partial charge in [-0.3, -0.25) is 5.43 Å². The summed E-state index contributed by atoms with van der Waals surface area (Å²) in [5, 5.41) is 14.7. The number of nitrogens with zero attached hydrogens (tertiary/aromatic N) is 3. The van der Waals surface area contributed by atoms with Crippen LogP contribution >= 0.6 is 11.3 Å². The number of thiazole rings is 1. The lowest BCUT2D eigenvalue weighted by Crippen LogP contribution is -1.98. The average Bonchev–Trinajstić information content (AvgIpc) is 2.81. The van der Waals surface area contributed by atoms with Crippen LogP contribution in [0.4, 0.5) is 13.9 Å². The van der Waals surface area contributed by atoms with E-state index in [9.17, 15) is 8.78 Å². The summed E-state index contributed by atoms with van der Waals surface area (Å²) >= 11 is 1.35. The van der Waals surface area contributed by atoms with Crippen molar-refractivity contribution in [2.75, 3.05) is 5.43 Å². The van der Waals surface area contributed by atoms with Crippen LogP contribution < -0.4 is 5.43 Å². The van der Waals surface area contributed by atoms with Crippen LogP contribution in [0.5, 0.6) is 0 Å². The minimum absolute atomic E-state index is 0.0442. The Bertz CT molecular complexity index is 673. The molecule has 0 aliphatic rings. The number of hydrazone groups is 1. The van der Waals surface area contributed by atoms with E-state index in [4.69, 9.17) is 5.26 Å². The number of rotatable bonds is 3. The Labute approximate surface area is 112 Å². The zero-order valence-electron chi connectivity index (χ0n) is 9.82. The molecule has 96 valence electrons. The lowest BCUT2D eigenvalue weighted by atomic mass is 10.1. The zero-order chi connectivity index (χ0) is 13.8. The lowest BCUT2D eigenvalue weighted by molar-refractivity contribution is 0.505. The molecule has 0 radical (unpaired) electrons. The normalized spacial score (nSPS) is 10.6. The molecular weight excluding hydrogens is 270 g/mol. The van der Waals surface area contributed by atoms with Crippen LogP contribution in [0.3, 0.4) is 0 Å². The SMILES string of the molecule is Cc1csc(NN=Cc2ccc(C#N)c(F)c2F)n1. The van der Waals surface area contributed by atoms with Crippen molar-refractivity contribution >= 4 is 22.7 Å². The van der Waals surface area contributed by atoms with Gasteiger partial charge in [0.15, 0.2) is 11.6 Å². The van der Waals surface area contributed by atoms with E-state index < -0.39 is 11.6 Å². The summed E-state index contributed by atoms with van der Waals surface area (Å²) in [6.07, 6.45) is 1.14. The second-order valence-corrected chi connectivity index (χ2v) is 4.46. The molecule has 0 aliphatic heterocycles. The first-order valence-corrected chi connectivity index (χ1v) is 6.09. The Kier molecular flexibility index (Phi) is 3.82.